The molecule has 4 unspecified atom stereocenters. The van der Waals surface area contributed by atoms with E-state index in [1.807, 2.05) is 12.5 Å². The summed E-state index contributed by atoms with van der Waals surface area (Å²) in [7, 11) is 0. The summed E-state index contributed by atoms with van der Waals surface area (Å²) < 4.78 is 5.25. The SMILES string of the molecule is CC1CCC2C(C)(C)CCCC2(C)C1CCc1ccoc1. The Morgan fingerprint density at radius 3 is 2.71 bits per heavy atom. The third kappa shape index (κ3) is 2.69. The van der Waals surface area contributed by atoms with Crippen LogP contribution in [0.5, 0.6) is 0 Å². The minimum absolute atomic E-state index is 0.543. The van der Waals surface area contributed by atoms with Gasteiger partial charge in [0, 0.05) is 0 Å². The Kier molecular flexibility index (Phi) is 3.96. The molecule has 2 aliphatic carbocycles. The zero-order valence-electron chi connectivity index (χ0n) is 14.3. The minimum Gasteiger partial charge on any atom is -0.472 e. The van der Waals surface area contributed by atoms with Crippen molar-refractivity contribution in [1.82, 2.24) is 0 Å². The van der Waals surface area contributed by atoms with Crippen LogP contribution in [0.2, 0.25) is 0 Å². The molecule has 1 aromatic rings. The Morgan fingerprint density at radius 1 is 1.19 bits per heavy atom. The van der Waals surface area contributed by atoms with Gasteiger partial charge < -0.3 is 4.42 Å². The summed E-state index contributed by atoms with van der Waals surface area (Å²) in [6.07, 6.45) is 13.4. The van der Waals surface area contributed by atoms with Crippen LogP contribution in [0.1, 0.15) is 71.8 Å². The van der Waals surface area contributed by atoms with E-state index >= 15 is 0 Å². The first-order valence-corrected chi connectivity index (χ1v) is 8.94. The van der Waals surface area contributed by atoms with E-state index < -0.39 is 0 Å². The van der Waals surface area contributed by atoms with Crippen molar-refractivity contribution in [1.29, 1.82) is 0 Å². The largest absolute Gasteiger partial charge is 0.472 e. The van der Waals surface area contributed by atoms with E-state index in [1.54, 1.807) is 0 Å². The lowest BCUT2D eigenvalue weighted by Crippen LogP contribution is -2.51. The first-order chi connectivity index (χ1) is 9.93. The van der Waals surface area contributed by atoms with Crippen LogP contribution >= 0.6 is 0 Å². The van der Waals surface area contributed by atoms with E-state index in [0.717, 1.165) is 17.8 Å². The zero-order valence-corrected chi connectivity index (χ0v) is 14.3. The van der Waals surface area contributed by atoms with Gasteiger partial charge in [-0.05, 0) is 72.3 Å². The molecule has 118 valence electrons. The quantitative estimate of drug-likeness (QED) is 0.656. The lowest BCUT2D eigenvalue weighted by atomic mass is 9.46. The highest BCUT2D eigenvalue weighted by molar-refractivity contribution is 5.08. The third-order valence-corrected chi connectivity index (χ3v) is 7.04. The number of fused-ring (bicyclic) bond motifs is 1. The first kappa shape index (κ1) is 15.2. The smallest absolute Gasteiger partial charge is 0.0934 e. The molecule has 3 rings (SSSR count). The molecule has 0 amide bonds. The number of hydrogen-bond donors (Lipinski definition) is 0. The molecule has 21 heavy (non-hydrogen) atoms. The Morgan fingerprint density at radius 2 is 2.00 bits per heavy atom. The second-order valence-electron chi connectivity index (χ2n) is 8.73. The van der Waals surface area contributed by atoms with E-state index in [2.05, 4.69) is 33.8 Å². The molecule has 0 spiro atoms. The van der Waals surface area contributed by atoms with E-state index in [0.29, 0.717) is 10.8 Å². The maximum atomic E-state index is 5.25. The number of hydrogen-bond acceptors (Lipinski definition) is 1. The molecular formula is C20H32O. The maximum absolute atomic E-state index is 5.25. The fourth-order valence-corrected chi connectivity index (χ4v) is 5.98. The summed E-state index contributed by atoms with van der Waals surface area (Å²) >= 11 is 0. The van der Waals surface area contributed by atoms with E-state index in [9.17, 15) is 0 Å². The van der Waals surface area contributed by atoms with Gasteiger partial charge in [0.15, 0.2) is 0 Å². The Hall–Kier alpha value is -0.720. The van der Waals surface area contributed by atoms with Gasteiger partial charge in [0.1, 0.15) is 0 Å². The van der Waals surface area contributed by atoms with Crippen molar-refractivity contribution in [3.63, 3.8) is 0 Å². The maximum Gasteiger partial charge on any atom is 0.0934 e. The predicted molar refractivity (Wildman–Crippen MR) is 88.1 cm³/mol. The Labute approximate surface area is 130 Å². The molecule has 1 heterocycles. The monoisotopic (exact) mass is 288 g/mol. The Bertz CT molecular complexity index is 458. The molecule has 1 heteroatoms. The predicted octanol–water partition coefficient (Wildman–Crippen LogP) is 6.09. The average molecular weight is 288 g/mol. The number of rotatable bonds is 3. The lowest BCUT2D eigenvalue weighted by molar-refractivity contribution is -0.0957. The van der Waals surface area contributed by atoms with Crippen LogP contribution in [0.25, 0.3) is 0 Å². The van der Waals surface area contributed by atoms with Crippen molar-refractivity contribution < 1.29 is 4.42 Å². The summed E-state index contributed by atoms with van der Waals surface area (Å²) in [4.78, 5) is 0. The van der Waals surface area contributed by atoms with Crippen molar-refractivity contribution in [3.05, 3.63) is 24.2 Å². The first-order valence-electron chi connectivity index (χ1n) is 8.94. The summed E-state index contributed by atoms with van der Waals surface area (Å²) in [6, 6.07) is 2.14. The third-order valence-electron chi connectivity index (χ3n) is 7.04. The summed E-state index contributed by atoms with van der Waals surface area (Å²) in [6.45, 7) is 10.2. The van der Waals surface area contributed by atoms with Gasteiger partial charge in [-0.1, -0.05) is 40.5 Å². The van der Waals surface area contributed by atoms with Gasteiger partial charge in [-0.25, -0.2) is 0 Å². The van der Waals surface area contributed by atoms with E-state index in [4.69, 9.17) is 4.42 Å². The highest BCUT2D eigenvalue weighted by Crippen LogP contribution is 2.61. The Balaban J connectivity index is 1.79. The highest BCUT2D eigenvalue weighted by atomic mass is 16.3. The minimum atomic E-state index is 0.543. The standard InChI is InChI=1S/C20H32O/c1-15-6-9-18-19(2,3)11-5-12-20(18,4)17(15)8-7-16-10-13-21-14-16/h10,13-15,17-18H,5-9,11-12H2,1-4H3. The molecule has 2 saturated carbocycles. The lowest BCUT2D eigenvalue weighted by Gasteiger charge is -2.59. The molecule has 0 radical (unpaired) electrons. The summed E-state index contributed by atoms with van der Waals surface area (Å²) in [5, 5.41) is 0. The van der Waals surface area contributed by atoms with Gasteiger partial charge >= 0.3 is 0 Å². The molecule has 0 N–H and O–H groups in total. The highest BCUT2D eigenvalue weighted by Gasteiger charge is 2.53. The van der Waals surface area contributed by atoms with Crippen molar-refractivity contribution >= 4 is 0 Å². The average Bonchev–Trinajstić information content (AvgIpc) is 2.90. The van der Waals surface area contributed by atoms with Crippen LogP contribution in [0.4, 0.5) is 0 Å². The molecule has 0 saturated heterocycles. The molecular weight excluding hydrogens is 256 g/mol. The summed E-state index contributed by atoms with van der Waals surface area (Å²) in [5.41, 5.74) is 2.48. The fraction of sp³-hybridized carbons (Fsp3) is 0.800. The molecule has 2 fully saturated rings. The molecule has 1 nitrogen and oxygen atoms in total. The van der Waals surface area contributed by atoms with Crippen molar-refractivity contribution in [2.75, 3.05) is 0 Å². The van der Waals surface area contributed by atoms with Crippen LogP contribution in [0, 0.1) is 28.6 Å². The molecule has 0 aliphatic heterocycles. The van der Waals surface area contributed by atoms with Gasteiger partial charge in [-0.2, -0.15) is 0 Å². The van der Waals surface area contributed by atoms with E-state index in [-0.39, 0.29) is 0 Å². The van der Waals surface area contributed by atoms with Crippen LogP contribution < -0.4 is 0 Å². The van der Waals surface area contributed by atoms with Gasteiger partial charge in [0.05, 0.1) is 12.5 Å². The van der Waals surface area contributed by atoms with Gasteiger partial charge in [-0.3, -0.25) is 0 Å². The second kappa shape index (κ2) is 5.48. The molecule has 4 atom stereocenters. The van der Waals surface area contributed by atoms with Crippen molar-refractivity contribution in [3.8, 4) is 0 Å². The molecule has 1 aromatic heterocycles. The van der Waals surface area contributed by atoms with E-state index in [1.165, 1.54) is 50.5 Å². The molecule has 2 aliphatic rings. The number of furan rings is 1. The van der Waals surface area contributed by atoms with Crippen LogP contribution in [0.3, 0.4) is 0 Å². The van der Waals surface area contributed by atoms with Crippen LogP contribution in [0.15, 0.2) is 23.0 Å². The second-order valence-corrected chi connectivity index (χ2v) is 8.73. The topological polar surface area (TPSA) is 13.1 Å². The van der Waals surface area contributed by atoms with Gasteiger partial charge in [0.25, 0.3) is 0 Å². The van der Waals surface area contributed by atoms with Crippen LogP contribution in [-0.2, 0) is 6.42 Å². The molecule has 0 aromatic carbocycles. The van der Waals surface area contributed by atoms with Gasteiger partial charge in [-0.15, -0.1) is 0 Å². The van der Waals surface area contributed by atoms with Gasteiger partial charge in [0.2, 0.25) is 0 Å². The van der Waals surface area contributed by atoms with Crippen molar-refractivity contribution in [2.45, 2.75) is 72.6 Å². The normalized spacial score (nSPS) is 39.0. The number of aryl methyl sites for hydroxylation is 1. The fourth-order valence-electron chi connectivity index (χ4n) is 5.98. The van der Waals surface area contributed by atoms with Crippen molar-refractivity contribution in [2.24, 2.45) is 28.6 Å². The zero-order chi connectivity index (χ0) is 15.1. The molecule has 0 bridgehead atoms. The van der Waals surface area contributed by atoms with Crippen LogP contribution in [-0.4, -0.2) is 0 Å². The summed E-state index contributed by atoms with van der Waals surface area (Å²) in [5.74, 6) is 2.68.